The Bertz CT molecular complexity index is 556. The predicted molar refractivity (Wildman–Crippen MR) is 184 cm³/mol. The van der Waals surface area contributed by atoms with Crippen molar-refractivity contribution in [3.8, 4) is 0 Å². The first kappa shape index (κ1) is 40.9. The fourth-order valence-corrected chi connectivity index (χ4v) is 7.77. The zero-order chi connectivity index (χ0) is 30.3. The van der Waals surface area contributed by atoms with Gasteiger partial charge in [-0.2, -0.15) is 8.42 Å². The molecule has 0 fully saturated rings. The minimum atomic E-state index is -4.06. The number of hydrogen-bond acceptors (Lipinski definition) is 2. The Morgan fingerprint density at radius 3 is 0.683 bits per heavy atom. The summed E-state index contributed by atoms with van der Waals surface area (Å²) in [7, 11) is -4.06. The number of hydrogen-bond donors (Lipinski definition) is 1. The molecule has 0 unspecified atom stereocenters. The van der Waals surface area contributed by atoms with Crippen molar-refractivity contribution in [3.63, 3.8) is 0 Å². The van der Waals surface area contributed by atoms with Crippen LogP contribution in [0.1, 0.15) is 233 Å². The van der Waals surface area contributed by atoms with E-state index in [1.54, 1.807) is 0 Å². The van der Waals surface area contributed by atoms with Gasteiger partial charge < -0.3 is 0 Å². The second-order valence-electron chi connectivity index (χ2n) is 13.5. The highest BCUT2D eigenvalue weighted by Crippen LogP contribution is 2.36. The first-order valence-electron chi connectivity index (χ1n) is 18.9. The van der Waals surface area contributed by atoms with Crippen LogP contribution in [-0.2, 0) is 10.1 Å². The van der Waals surface area contributed by atoms with E-state index in [4.69, 9.17) is 0 Å². The molecule has 1 N–H and O–H groups in total. The van der Waals surface area contributed by atoms with Gasteiger partial charge in [-0.05, 0) is 19.3 Å². The largest absolute Gasteiger partial charge is 0.285 e. The van der Waals surface area contributed by atoms with E-state index in [1.165, 1.54) is 154 Å². The molecule has 0 heterocycles. The van der Waals surface area contributed by atoms with Crippen molar-refractivity contribution in [2.75, 3.05) is 0 Å². The van der Waals surface area contributed by atoms with Gasteiger partial charge in [0, 0.05) is 0 Å². The minimum Gasteiger partial charge on any atom is -0.285 e. The molecule has 0 aliphatic rings. The maximum atomic E-state index is 12.9. The standard InChI is InChI=1S/C37H76O3S/c1-4-7-10-13-16-19-22-25-28-31-34-37(41(38,39)40,35-32-29-26-23-20-17-14-11-8-5-2)36-33-30-27-24-21-18-15-12-9-6-3/h4-36H2,1-3H3,(H,38,39,40). The molecule has 0 saturated carbocycles. The highest BCUT2D eigenvalue weighted by atomic mass is 32.2. The third-order valence-corrected chi connectivity index (χ3v) is 11.2. The summed E-state index contributed by atoms with van der Waals surface area (Å²) >= 11 is 0. The van der Waals surface area contributed by atoms with Crippen LogP contribution < -0.4 is 0 Å². The molecule has 0 aromatic rings. The molecule has 0 aromatic heterocycles. The maximum Gasteiger partial charge on any atom is 0.270 e. The quantitative estimate of drug-likeness (QED) is 0.0590. The van der Waals surface area contributed by atoms with Crippen LogP contribution in [0.3, 0.4) is 0 Å². The molecule has 0 amide bonds. The molecule has 0 saturated heterocycles. The van der Waals surface area contributed by atoms with E-state index in [-0.39, 0.29) is 0 Å². The fraction of sp³-hybridized carbons (Fsp3) is 1.00. The van der Waals surface area contributed by atoms with E-state index >= 15 is 0 Å². The first-order valence-corrected chi connectivity index (χ1v) is 20.3. The van der Waals surface area contributed by atoms with Crippen molar-refractivity contribution in [3.05, 3.63) is 0 Å². The van der Waals surface area contributed by atoms with Gasteiger partial charge in [-0.25, -0.2) is 0 Å². The molecule has 0 aliphatic heterocycles. The monoisotopic (exact) mass is 601 g/mol. The summed E-state index contributed by atoms with van der Waals surface area (Å²) < 4.78 is 35.4. The normalized spacial score (nSPS) is 12.4. The van der Waals surface area contributed by atoms with Gasteiger partial charge in [-0.1, -0.05) is 213 Å². The molecule has 0 rings (SSSR count). The van der Waals surface area contributed by atoms with Crippen molar-refractivity contribution in [1.29, 1.82) is 0 Å². The zero-order valence-electron chi connectivity index (χ0n) is 28.5. The molecule has 0 aromatic carbocycles. The lowest BCUT2D eigenvalue weighted by atomic mass is 9.88. The Kier molecular flexibility index (Phi) is 29.9. The third kappa shape index (κ3) is 25.0. The van der Waals surface area contributed by atoms with Crippen LogP contribution in [0.2, 0.25) is 0 Å². The van der Waals surface area contributed by atoms with Gasteiger partial charge in [0.15, 0.2) is 0 Å². The van der Waals surface area contributed by atoms with Crippen LogP contribution in [0.4, 0.5) is 0 Å². The van der Waals surface area contributed by atoms with Gasteiger partial charge in [0.1, 0.15) is 0 Å². The van der Waals surface area contributed by atoms with Crippen LogP contribution in [0.5, 0.6) is 0 Å². The highest BCUT2D eigenvalue weighted by molar-refractivity contribution is 7.87. The molecule has 248 valence electrons. The van der Waals surface area contributed by atoms with E-state index in [9.17, 15) is 13.0 Å². The lowest BCUT2D eigenvalue weighted by Crippen LogP contribution is -2.38. The van der Waals surface area contributed by atoms with Crippen LogP contribution in [0, 0.1) is 0 Å². The van der Waals surface area contributed by atoms with E-state index in [0.717, 1.165) is 38.5 Å². The predicted octanol–water partition coefficient (Wildman–Crippen LogP) is 13.5. The molecule has 41 heavy (non-hydrogen) atoms. The Hall–Kier alpha value is -0.0900. The molecule has 0 spiro atoms. The van der Waals surface area contributed by atoms with Gasteiger partial charge in [-0.15, -0.1) is 0 Å². The fourth-order valence-electron chi connectivity index (χ4n) is 6.57. The summed E-state index contributed by atoms with van der Waals surface area (Å²) in [5.41, 5.74) is 0. The van der Waals surface area contributed by atoms with Gasteiger partial charge in [-0.3, -0.25) is 4.55 Å². The SMILES string of the molecule is CCCCCCCCCCCCC(CCCCCCCCCCCC)(CCCCCCCCCCCC)S(=O)(=O)O. The summed E-state index contributed by atoms with van der Waals surface area (Å²) in [6.07, 6.45) is 39.5. The average molecular weight is 601 g/mol. The van der Waals surface area contributed by atoms with Crippen LogP contribution in [0.15, 0.2) is 0 Å². The molecule has 4 heteroatoms. The zero-order valence-corrected chi connectivity index (χ0v) is 29.3. The maximum absolute atomic E-state index is 12.9. The van der Waals surface area contributed by atoms with E-state index in [0.29, 0.717) is 19.3 Å². The topological polar surface area (TPSA) is 54.4 Å². The molecule has 0 bridgehead atoms. The second kappa shape index (κ2) is 30.0. The molecule has 0 radical (unpaired) electrons. The Labute approximate surface area is 260 Å². The van der Waals surface area contributed by atoms with Crippen molar-refractivity contribution >= 4 is 10.1 Å². The van der Waals surface area contributed by atoms with Gasteiger partial charge >= 0.3 is 0 Å². The van der Waals surface area contributed by atoms with Crippen molar-refractivity contribution < 1.29 is 13.0 Å². The van der Waals surface area contributed by atoms with Crippen molar-refractivity contribution in [2.45, 2.75) is 237 Å². The van der Waals surface area contributed by atoms with Crippen molar-refractivity contribution in [2.24, 2.45) is 0 Å². The van der Waals surface area contributed by atoms with E-state index in [2.05, 4.69) is 20.8 Å². The summed E-state index contributed by atoms with van der Waals surface area (Å²) in [4.78, 5) is 0. The van der Waals surface area contributed by atoms with Gasteiger partial charge in [0.2, 0.25) is 0 Å². The van der Waals surface area contributed by atoms with Gasteiger partial charge in [0.25, 0.3) is 10.1 Å². The third-order valence-electron chi connectivity index (χ3n) is 9.51. The van der Waals surface area contributed by atoms with Crippen LogP contribution in [-0.4, -0.2) is 17.7 Å². The van der Waals surface area contributed by atoms with Crippen LogP contribution >= 0.6 is 0 Å². The first-order chi connectivity index (χ1) is 19.9. The van der Waals surface area contributed by atoms with E-state index in [1.807, 2.05) is 0 Å². The van der Waals surface area contributed by atoms with Gasteiger partial charge in [0.05, 0.1) is 4.75 Å². The molecule has 0 aliphatic carbocycles. The molecule has 0 atom stereocenters. The van der Waals surface area contributed by atoms with Crippen LogP contribution in [0.25, 0.3) is 0 Å². The second-order valence-corrected chi connectivity index (χ2v) is 15.3. The number of rotatable bonds is 34. The smallest absolute Gasteiger partial charge is 0.270 e. The summed E-state index contributed by atoms with van der Waals surface area (Å²) in [5.74, 6) is 0. The lowest BCUT2D eigenvalue weighted by Gasteiger charge is -2.31. The molecular formula is C37H76O3S. The minimum absolute atomic E-state index is 0.650. The molecule has 3 nitrogen and oxygen atoms in total. The lowest BCUT2D eigenvalue weighted by molar-refractivity contribution is 0.343. The Morgan fingerprint density at radius 2 is 0.512 bits per heavy atom. The number of unbranched alkanes of at least 4 members (excludes halogenated alkanes) is 27. The van der Waals surface area contributed by atoms with E-state index < -0.39 is 14.9 Å². The highest BCUT2D eigenvalue weighted by Gasteiger charge is 2.41. The summed E-state index contributed by atoms with van der Waals surface area (Å²) in [5, 5.41) is 0. The Balaban J connectivity index is 4.58. The van der Waals surface area contributed by atoms with Crippen molar-refractivity contribution in [1.82, 2.24) is 0 Å². The molecular weight excluding hydrogens is 524 g/mol. The average Bonchev–Trinajstić information content (AvgIpc) is 2.95. The summed E-state index contributed by atoms with van der Waals surface area (Å²) in [6, 6.07) is 0. The summed E-state index contributed by atoms with van der Waals surface area (Å²) in [6.45, 7) is 6.79. The Morgan fingerprint density at radius 1 is 0.341 bits per heavy atom.